The van der Waals surface area contributed by atoms with Crippen molar-refractivity contribution in [2.45, 2.75) is 44.4 Å². The Balaban J connectivity index is 1.74. The van der Waals surface area contributed by atoms with E-state index in [1.165, 1.54) is 0 Å². The fourth-order valence-electron chi connectivity index (χ4n) is 3.27. The molecule has 0 aromatic heterocycles. The normalized spacial score (nSPS) is 24.2. The van der Waals surface area contributed by atoms with Gasteiger partial charge in [-0.2, -0.15) is 0 Å². The van der Waals surface area contributed by atoms with Crippen LogP contribution in [0.3, 0.4) is 0 Å². The van der Waals surface area contributed by atoms with Gasteiger partial charge in [0.2, 0.25) is 5.91 Å². The lowest BCUT2D eigenvalue weighted by atomic mass is 10.2. The first-order chi connectivity index (χ1) is 12.2. The summed E-state index contributed by atoms with van der Waals surface area (Å²) in [5, 5.41) is 4.01. The van der Waals surface area contributed by atoms with Gasteiger partial charge in [0.15, 0.2) is 5.75 Å². The van der Waals surface area contributed by atoms with Crippen LogP contribution in [0.15, 0.2) is 18.2 Å². The maximum atomic E-state index is 12.5. The average molecular weight is 374 g/mol. The fraction of sp³-hybridized carbons (Fsp3) is 0.562. The Morgan fingerprint density at radius 2 is 2.00 bits per heavy atom. The number of ether oxygens (including phenoxy) is 2. The van der Waals surface area contributed by atoms with Crippen LogP contribution in [0.1, 0.15) is 19.8 Å². The number of carbonyl (C=O) groups excluding carboxylic acids is 1. The number of rotatable bonds is 5. The smallest absolute Gasteiger partial charge is 0.404 e. The number of hydrogen-bond donors (Lipinski definition) is 2. The summed E-state index contributed by atoms with van der Waals surface area (Å²) in [6.45, 7) is 2.87. The Morgan fingerprint density at radius 1 is 1.35 bits per heavy atom. The van der Waals surface area contributed by atoms with Crippen molar-refractivity contribution in [2.75, 3.05) is 18.4 Å². The van der Waals surface area contributed by atoms with Crippen molar-refractivity contribution in [3.63, 3.8) is 0 Å². The quantitative estimate of drug-likeness (QED) is 0.811. The Morgan fingerprint density at radius 3 is 2.58 bits per heavy atom. The van der Waals surface area contributed by atoms with Gasteiger partial charge in [-0.25, -0.2) is 0 Å². The van der Waals surface area contributed by atoms with Crippen molar-refractivity contribution in [1.82, 2.24) is 4.90 Å². The molecular formula is C16H19F3N3O4+. The number of nitroso groups, excluding NO2 is 1. The lowest BCUT2D eigenvalue weighted by Crippen LogP contribution is -2.55. The number of carbonyl (C=O) groups is 1. The number of fused-ring (bicyclic) bond motifs is 2. The number of nitrogens with one attached hydrogen (secondary N) is 2. The third-order valence-electron chi connectivity index (χ3n) is 4.58. The summed E-state index contributed by atoms with van der Waals surface area (Å²) in [6, 6.07) is 2.64. The van der Waals surface area contributed by atoms with Gasteiger partial charge in [-0.05, 0) is 25.8 Å². The zero-order valence-corrected chi connectivity index (χ0v) is 14.0. The third kappa shape index (κ3) is 4.31. The zero-order chi connectivity index (χ0) is 18.9. The second-order valence-electron chi connectivity index (χ2n) is 6.44. The molecule has 2 fully saturated rings. The molecule has 2 bridgehead atoms. The summed E-state index contributed by atoms with van der Waals surface area (Å²) in [7, 11) is 0. The van der Waals surface area contributed by atoms with E-state index in [1.807, 2.05) is 4.90 Å². The summed E-state index contributed by atoms with van der Waals surface area (Å²) in [6.07, 6.45) is -2.87. The Bertz CT molecular complexity index is 686. The largest absolute Gasteiger partial charge is 0.573 e. The van der Waals surface area contributed by atoms with Gasteiger partial charge in [-0.1, -0.05) is 0 Å². The molecule has 0 saturated carbocycles. The average Bonchev–Trinajstić information content (AvgIpc) is 2.92. The molecule has 7 nitrogen and oxygen atoms in total. The monoisotopic (exact) mass is 374 g/mol. The highest BCUT2D eigenvalue weighted by Crippen LogP contribution is 2.32. The predicted octanol–water partition coefficient (Wildman–Crippen LogP) is 1.25. The number of alkyl halides is 3. The van der Waals surface area contributed by atoms with Gasteiger partial charge in [0.05, 0.1) is 23.9 Å². The highest BCUT2D eigenvalue weighted by atomic mass is 19.4. The second-order valence-corrected chi connectivity index (χ2v) is 6.44. The standard InChI is InChI=1S/C16H18F3N3O4/c1-9(22-7-11-3-4-12(8-22)25-11)15(23)20-13-6-10(21-24)2-5-14(13)26-16(17,18)19/h2,5-6,9,11-12H,3-4,7-8H2,1H3,(H,20,23)/p+1. The molecule has 2 N–H and O–H groups in total. The zero-order valence-electron chi connectivity index (χ0n) is 14.0. The minimum atomic E-state index is -4.92. The van der Waals surface area contributed by atoms with Crippen LogP contribution in [-0.2, 0) is 9.53 Å². The molecule has 0 aliphatic carbocycles. The SMILES string of the molecule is CC(C(=O)Nc1cc([NH+]=O)ccc1OC(F)(F)F)N1CC2CCC(C1)O2. The van der Waals surface area contributed by atoms with Gasteiger partial charge in [-0.15, -0.1) is 13.2 Å². The van der Waals surface area contributed by atoms with Gasteiger partial charge in [0, 0.05) is 35.3 Å². The molecule has 1 aromatic rings. The molecule has 2 aliphatic rings. The van der Waals surface area contributed by atoms with E-state index >= 15 is 0 Å². The van der Waals surface area contributed by atoms with Gasteiger partial charge < -0.3 is 14.8 Å². The number of morpholine rings is 1. The molecule has 0 spiro atoms. The molecular weight excluding hydrogens is 355 g/mol. The number of benzene rings is 1. The number of anilines is 1. The molecule has 3 rings (SSSR count). The number of hydrogen-bond acceptors (Lipinski definition) is 5. The topological polar surface area (TPSA) is 81.8 Å². The lowest BCUT2D eigenvalue weighted by Gasteiger charge is -2.35. The maximum Gasteiger partial charge on any atom is 0.573 e. The summed E-state index contributed by atoms with van der Waals surface area (Å²) >= 11 is 0. The molecule has 2 saturated heterocycles. The van der Waals surface area contributed by atoms with Crippen LogP contribution in [0, 0.1) is 4.91 Å². The molecule has 1 aromatic carbocycles. The van der Waals surface area contributed by atoms with Crippen molar-refractivity contribution < 1.29 is 32.6 Å². The summed E-state index contributed by atoms with van der Waals surface area (Å²) in [5.74, 6) is -1.07. The van der Waals surface area contributed by atoms with E-state index in [0.29, 0.717) is 13.1 Å². The van der Waals surface area contributed by atoms with E-state index in [2.05, 4.69) is 10.1 Å². The van der Waals surface area contributed by atoms with Crippen molar-refractivity contribution in [3.05, 3.63) is 23.1 Å². The summed E-state index contributed by atoms with van der Waals surface area (Å²) in [4.78, 5) is 25.3. The van der Waals surface area contributed by atoms with Gasteiger partial charge in [0.1, 0.15) is 0 Å². The number of likely N-dealkylation sites (tertiary alicyclic amines) is 1. The summed E-state index contributed by atoms with van der Waals surface area (Å²) < 4.78 is 47.3. The first-order valence-corrected chi connectivity index (χ1v) is 8.23. The van der Waals surface area contributed by atoms with Crippen LogP contribution in [0.4, 0.5) is 24.5 Å². The first-order valence-electron chi connectivity index (χ1n) is 8.23. The van der Waals surface area contributed by atoms with Gasteiger partial charge >= 0.3 is 6.36 Å². The molecule has 142 valence electrons. The van der Waals surface area contributed by atoms with Crippen molar-refractivity contribution >= 4 is 17.3 Å². The predicted molar refractivity (Wildman–Crippen MR) is 84.7 cm³/mol. The van der Waals surface area contributed by atoms with E-state index in [1.54, 1.807) is 12.1 Å². The van der Waals surface area contributed by atoms with E-state index in [4.69, 9.17) is 4.74 Å². The van der Waals surface area contributed by atoms with E-state index in [9.17, 15) is 22.9 Å². The van der Waals surface area contributed by atoms with E-state index < -0.39 is 24.1 Å². The fourth-order valence-corrected chi connectivity index (χ4v) is 3.27. The van der Waals surface area contributed by atoms with E-state index in [0.717, 1.165) is 31.0 Å². The van der Waals surface area contributed by atoms with Crippen LogP contribution in [-0.4, -0.2) is 48.5 Å². The van der Waals surface area contributed by atoms with E-state index in [-0.39, 0.29) is 23.6 Å². The second kappa shape index (κ2) is 7.20. The van der Waals surface area contributed by atoms with Crippen molar-refractivity contribution in [3.8, 4) is 5.75 Å². The molecule has 0 radical (unpaired) electrons. The molecule has 3 unspecified atom stereocenters. The minimum Gasteiger partial charge on any atom is -0.404 e. The molecule has 2 aliphatic heterocycles. The van der Waals surface area contributed by atoms with Crippen LogP contribution >= 0.6 is 0 Å². The molecule has 2 heterocycles. The Hall–Kier alpha value is -2.20. The van der Waals surface area contributed by atoms with Crippen LogP contribution in [0.25, 0.3) is 0 Å². The van der Waals surface area contributed by atoms with Crippen LogP contribution in [0.2, 0.25) is 0 Å². The maximum absolute atomic E-state index is 12.5. The number of halogens is 3. The molecule has 3 atom stereocenters. The number of amides is 1. The van der Waals surface area contributed by atoms with Gasteiger partial charge in [-0.3, -0.25) is 9.69 Å². The van der Waals surface area contributed by atoms with Crippen LogP contribution in [0.5, 0.6) is 5.75 Å². The van der Waals surface area contributed by atoms with Gasteiger partial charge in [0.25, 0.3) is 5.69 Å². The minimum absolute atomic E-state index is 0.00638. The Kier molecular flexibility index (Phi) is 5.15. The Labute approximate surface area is 147 Å². The molecule has 10 heteroatoms. The molecule has 26 heavy (non-hydrogen) atoms. The van der Waals surface area contributed by atoms with Crippen LogP contribution < -0.4 is 15.2 Å². The van der Waals surface area contributed by atoms with Crippen molar-refractivity contribution in [1.29, 1.82) is 0 Å². The number of nitrogens with zero attached hydrogens (tertiary/aromatic N) is 1. The van der Waals surface area contributed by atoms with Crippen molar-refractivity contribution in [2.24, 2.45) is 0 Å². The molecule has 1 amide bonds. The lowest BCUT2D eigenvalue weighted by molar-refractivity contribution is -0.379. The third-order valence-corrected chi connectivity index (χ3v) is 4.58. The highest BCUT2D eigenvalue weighted by Gasteiger charge is 2.37. The first kappa shape index (κ1) is 18.6. The highest BCUT2D eigenvalue weighted by molar-refractivity contribution is 5.96. The summed E-state index contributed by atoms with van der Waals surface area (Å²) in [5.41, 5.74) is -0.219.